The molecule has 29 heavy (non-hydrogen) atoms. The number of amides is 1. The lowest BCUT2D eigenvalue weighted by Crippen LogP contribution is -2.30. The molecule has 144 valence electrons. The Morgan fingerprint density at radius 2 is 2.00 bits per heavy atom. The van der Waals surface area contributed by atoms with E-state index >= 15 is 0 Å². The summed E-state index contributed by atoms with van der Waals surface area (Å²) < 4.78 is 5.92. The lowest BCUT2D eigenvalue weighted by atomic mass is 10.0. The van der Waals surface area contributed by atoms with Crippen molar-refractivity contribution in [2.75, 3.05) is 4.90 Å². The van der Waals surface area contributed by atoms with Gasteiger partial charge in [0.1, 0.15) is 16.6 Å². The molecule has 4 aromatic rings. The fourth-order valence-electron chi connectivity index (χ4n) is 3.49. The number of carbonyl (C=O) groups excluding carboxylic acids is 1. The van der Waals surface area contributed by atoms with Gasteiger partial charge in [-0.15, -0.1) is 10.2 Å². The van der Waals surface area contributed by atoms with E-state index in [1.807, 2.05) is 6.92 Å². The van der Waals surface area contributed by atoms with Gasteiger partial charge in [-0.25, -0.2) is 0 Å². The molecule has 9 heteroatoms. The number of hydrogen-bond acceptors (Lipinski definition) is 7. The van der Waals surface area contributed by atoms with E-state index in [4.69, 9.17) is 16.0 Å². The molecular formula is C20H13ClN4O3S. The summed E-state index contributed by atoms with van der Waals surface area (Å²) in [4.78, 5) is 32.6. The number of nitrogens with zero attached hydrogens (tertiary/aromatic N) is 4. The van der Waals surface area contributed by atoms with Gasteiger partial charge in [0.25, 0.3) is 5.91 Å². The molecular weight excluding hydrogens is 412 g/mol. The maximum absolute atomic E-state index is 13.4. The monoisotopic (exact) mass is 424 g/mol. The Hall–Kier alpha value is -3.10. The second kappa shape index (κ2) is 6.47. The highest BCUT2D eigenvalue weighted by molar-refractivity contribution is 7.15. The van der Waals surface area contributed by atoms with Gasteiger partial charge >= 0.3 is 0 Å². The highest BCUT2D eigenvalue weighted by Crippen LogP contribution is 2.41. The standard InChI is InChI=1S/C20H13ClN4O3S/c1-9-7-14-11(8-12(9)21)17(26)15-16(13-5-3-4-6-22-13)25(19(27)18(15)28-14)20-24-23-10(2)29-20/h3-8,16H,1-2H3. The van der Waals surface area contributed by atoms with Crippen LogP contribution >= 0.6 is 22.9 Å². The zero-order chi connectivity index (χ0) is 20.3. The summed E-state index contributed by atoms with van der Waals surface area (Å²) in [6.45, 7) is 3.61. The molecule has 0 aliphatic carbocycles. The Kier molecular flexibility index (Phi) is 4.01. The highest BCUT2D eigenvalue weighted by atomic mass is 35.5. The molecule has 1 aromatic carbocycles. The molecule has 1 amide bonds. The molecule has 3 aromatic heterocycles. The molecule has 0 saturated heterocycles. The zero-order valence-corrected chi connectivity index (χ0v) is 16.9. The summed E-state index contributed by atoms with van der Waals surface area (Å²) in [7, 11) is 0. The third-order valence-corrected chi connectivity index (χ3v) is 6.09. The van der Waals surface area contributed by atoms with E-state index in [1.165, 1.54) is 16.2 Å². The second-order valence-corrected chi connectivity index (χ2v) is 8.27. The van der Waals surface area contributed by atoms with Crippen LogP contribution in [0.4, 0.5) is 5.13 Å². The molecule has 0 bridgehead atoms. The van der Waals surface area contributed by atoms with E-state index in [1.54, 1.807) is 43.5 Å². The predicted molar refractivity (Wildman–Crippen MR) is 110 cm³/mol. The first-order valence-electron chi connectivity index (χ1n) is 8.77. The van der Waals surface area contributed by atoms with E-state index in [0.29, 0.717) is 31.8 Å². The maximum Gasteiger partial charge on any atom is 0.297 e. The Balaban J connectivity index is 1.84. The number of benzene rings is 1. The van der Waals surface area contributed by atoms with Crippen LogP contribution in [0, 0.1) is 13.8 Å². The molecule has 0 N–H and O–H groups in total. The highest BCUT2D eigenvalue weighted by Gasteiger charge is 2.45. The molecule has 0 radical (unpaired) electrons. The van der Waals surface area contributed by atoms with Crippen molar-refractivity contribution in [1.29, 1.82) is 0 Å². The van der Waals surface area contributed by atoms with E-state index in [-0.39, 0.29) is 16.8 Å². The molecule has 7 nitrogen and oxygen atoms in total. The van der Waals surface area contributed by atoms with E-state index < -0.39 is 11.9 Å². The lowest BCUT2D eigenvalue weighted by Gasteiger charge is -2.20. The number of aryl methyl sites for hydroxylation is 2. The first-order chi connectivity index (χ1) is 14.0. The first-order valence-corrected chi connectivity index (χ1v) is 9.96. The Morgan fingerprint density at radius 1 is 1.17 bits per heavy atom. The normalized spacial score (nSPS) is 15.9. The molecule has 1 aliphatic rings. The third-order valence-electron chi connectivity index (χ3n) is 4.84. The largest absolute Gasteiger partial charge is 0.450 e. The van der Waals surface area contributed by atoms with E-state index in [2.05, 4.69) is 15.2 Å². The summed E-state index contributed by atoms with van der Waals surface area (Å²) in [5, 5.41) is 10.00. The minimum Gasteiger partial charge on any atom is -0.450 e. The molecule has 5 rings (SSSR count). The van der Waals surface area contributed by atoms with Crippen LogP contribution in [0.5, 0.6) is 0 Å². The molecule has 4 heterocycles. The summed E-state index contributed by atoms with van der Waals surface area (Å²) in [6.07, 6.45) is 1.62. The average Bonchev–Trinajstić information content (AvgIpc) is 3.26. The van der Waals surface area contributed by atoms with Crippen LogP contribution in [0.25, 0.3) is 11.0 Å². The summed E-state index contributed by atoms with van der Waals surface area (Å²) in [6, 6.07) is 7.82. The van der Waals surface area contributed by atoms with Crippen LogP contribution in [0.3, 0.4) is 0 Å². The SMILES string of the molecule is Cc1nnc(N2C(=O)c3oc4cc(C)c(Cl)cc4c(=O)c3C2c2ccccn2)s1. The van der Waals surface area contributed by atoms with Gasteiger partial charge in [-0.3, -0.25) is 19.5 Å². The van der Waals surface area contributed by atoms with Gasteiger partial charge in [0.2, 0.25) is 10.9 Å². The number of carbonyl (C=O) groups is 1. The van der Waals surface area contributed by atoms with Crippen molar-refractivity contribution in [3.8, 4) is 0 Å². The first kappa shape index (κ1) is 18.0. The summed E-state index contributed by atoms with van der Waals surface area (Å²) >= 11 is 7.50. The third kappa shape index (κ3) is 2.67. The minimum atomic E-state index is -0.758. The molecule has 0 spiro atoms. The van der Waals surface area contributed by atoms with Gasteiger partial charge in [0, 0.05) is 11.2 Å². The van der Waals surface area contributed by atoms with Crippen LogP contribution in [0.1, 0.15) is 38.4 Å². The predicted octanol–water partition coefficient (Wildman–Crippen LogP) is 4.06. The smallest absolute Gasteiger partial charge is 0.297 e. The number of rotatable bonds is 2. The number of fused-ring (bicyclic) bond motifs is 2. The van der Waals surface area contributed by atoms with Crippen molar-refractivity contribution in [2.24, 2.45) is 0 Å². The average molecular weight is 425 g/mol. The minimum absolute atomic E-state index is 0.00673. The van der Waals surface area contributed by atoms with Gasteiger partial charge < -0.3 is 4.42 Å². The Labute approximate surface area is 173 Å². The Bertz CT molecular complexity index is 1350. The van der Waals surface area contributed by atoms with Crippen LogP contribution < -0.4 is 10.3 Å². The topological polar surface area (TPSA) is 89.2 Å². The lowest BCUT2D eigenvalue weighted by molar-refractivity contribution is 0.0970. The van der Waals surface area contributed by atoms with Crippen LogP contribution in [-0.4, -0.2) is 21.1 Å². The number of pyridine rings is 1. The van der Waals surface area contributed by atoms with Gasteiger partial charge in [-0.1, -0.05) is 29.0 Å². The van der Waals surface area contributed by atoms with Crippen LogP contribution in [0.2, 0.25) is 5.02 Å². The van der Waals surface area contributed by atoms with Gasteiger partial charge in [0.15, 0.2) is 5.43 Å². The van der Waals surface area contributed by atoms with Crippen molar-refractivity contribution in [3.63, 3.8) is 0 Å². The molecule has 1 aliphatic heterocycles. The van der Waals surface area contributed by atoms with Crippen molar-refractivity contribution >= 4 is 44.9 Å². The van der Waals surface area contributed by atoms with Crippen molar-refractivity contribution < 1.29 is 9.21 Å². The summed E-state index contributed by atoms with van der Waals surface area (Å²) in [5.41, 5.74) is 1.53. The van der Waals surface area contributed by atoms with Gasteiger partial charge in [0.05, 0.1) is 16.6 Å². The number of anilines is 1. The van der Waals surface area contributed by atoms with E-state index in [0.717, 1.165) is 5.56 Å². The fraction of sp³-hybridized carbons (Fsp3) is 0.150. The van der Waals surface area contributed by atoms with Gasteiger partial charge in [-0.05, 0) is 43.7 Å². The molecule has 0 saturated carbocycles. The quantitative estimate of drug-likeness (QED) is 0.482. The molecule has 1 unspecified atom stereocenters. The number of hydrogen-bond donors (Lipinski definition) is 0. The van der Waals surface area contributed by atoms with Crippen molar-refractivity contribution in [3.05, 3.63) is 79.4 Å². The molecule has 0 fully saturated rings. The fourth-order valence-corrected chi connectivity index (χ4v) is 4.37. The van der Waals surface area contributed by atoms with Crippen LogP contribution in [-0.2, 0) is 0 Å². The van der Waals surface area contributed by atoms with E-state index in [9.17, 15) is 9.59 Å². The van der Waals surface area contributed by atoms with Crippen LogP contribution in [0.15, 0.2) is 45.7 Å². The second-order valence-electron chi connectivity index (χ2n) is 6.71. The Morgan fingerprint density at radius 3 is 2.69 bits per heavy atom. The zero-order valence-electron chi connectivity index (χ0n) is 15.3. The number of halogens is 1. The van der Waals surface area contributed by atoms with Crippen molar-refractivity contribution in [1.82, 2.24) is 15.2 Å². The number of aromatic nitrogens is 3. The van der Waals surface area contributed by atoms with Crippen molar-refractivity contribution in [2.45, 2.75) is 19.9 Å². The molecule has 1 atom stereocenters. The summed E-state index contributed by atoms with van der Waals surface area (Å²) in [5.74, 6) is -0.453. The van der Waals surface area contributed by atoms with Gasteiger partial charge in [-0.2, -0.15) is 0 Å². The maximum atomic E-state index is 13.4.